The van der Waals surface area contributed by atoms with Crippen LogP contribution < -0.4 is 10.2 Å². The van der Waals surface area contributed by atoms with Crippen molar-refractivity contribution < 1.29 is 9.53 Å². The second-order valence-corrected chi connectivity index (χ2v) is 6.92. The molecule has 3 aromatic rings. The van der Waals surface area contributed by atoms with Gasteiger partial charge in [-0.3, -0.25) is 4.79 Å². The molecule has 0 saturated carbocycles. The van der Waals surface area contributed by atoms with Gasteiger partial charge in [0.05, 0.1) is 12.6 Å². The first kappa shape index (κ1) is 19.9. The smallest absolute Gasteiger partial charge is 0.244 e. The average molecular weight is 413 g/mol. The van der Waals surface area contributed by atoms with Crippen LogP contribution in [0.2, 0.25) is 10.0 Å². The molecular formula is C22H18Cl2N2O2. The van der Waals surface area contributed by atoms with Gasteiger partial charge in [-0.15, -0.1) is 0 Å². The molecule has 0 aliphatic heterocycles. The van der Waals surface area contributed by atoms with Crippen molar-refractivity contribution in [3.8, 4) is 5.75 Å². The zero-order valence-corrected chi connectivity index (χ0v) is 16.5. The van der Waals surface area contributed by atoms with Gasteiger partial charge >= 0.3 is 0 Å². The Balaban J connectivity index is 1.56. The number of hydrogen-bond donors (Lipinski definition) is 1. The van der Waals surface area contributed by atoms with Crippen molar-refractivity contribution in [2.45, 2.75) is 13.0 Å². The molecule has 0 radical (unpaired) electrons. The fraction of sp³-hybridized carbons (Fsp3) is 0.0909. The summed E-state index contributed by atoms with van der Waals surface area (Å²) >= 11 is 11.7. The first-order valence-electron chi connectivity index (χ1n) is 8.63. The zero-order chi connectivity index (χ0) is 19.8. The van der Waals surface area contributed by atoms with Gasteiger partial charge in [0.25, 0.3) is 0 Å². The molecule has 3 aromatic carbocycles. The lowest BCUT2D eigenvalue weighted by molar-refractivity contribution is -0.120. The van der Waals surface area contributed by atoms with Crippen LogP contribution in [0.3, 0.4) is 0 Å². The molecular weight excluding hydrogens is 395 g/mol. The molecule has 0 aliphatic carbocycles. The molecule has 0 bridgehead atoms. The Morgan fingerprint density at radius 3 is 2.18 bits per heavy atom. The van der Waals surface area contributed by atoms with E-state index in [4.69, 9.17) is 27.9 Å². The van der Waals surface area contributed by atoms with Crippen molar-refractivity contribution in [1.29, 1.82) is 0 Å². The lowest BCUT2D eigenvalue weighted by atomic mass is 10.1. The fourth-order valence-electron chi connectivity index (χ4n) is 2.46. The summed E-state index contributed by atoms with van der Waals surface area (Å²) in [4.78, 5) is 12.0. The Labute approximate surface area is 173 Å². The number of carbonyl (C=O) groups is 1. The van der Waals surface area contributed by atoms with Crippen LogP contribution in [0.4, 0.5) is 0 Å². The quantitative estimate of drug-likeness (QED) is 0.424. The van der Waals surface area contributed by atoms with Crippen LogP contribution in [0, 0.1) is 0 Å². The summed E-state index contributed by atoms with van der Waals surface area (Å²) in [5.41, 5.74) is 5.17. The molecule has 28 heavy (non-hydrogen) atoms. The molecule has 142 valence electrons. The lowest BCUT2D eigenvalue weighted by Crippen LogP contribution is -2.19. The van der Waals surface area contributed by atoms with Crippen LogP contribution in [-0.4, -0.2) is 12.1 Å². The summed E-state index contributed by atoms with van der Waals surface area (Å²) in [6.45, 7) is 0.408. The van der Waals surface area contributed by atoms with Gasteiger partial charge in [-0.2, -0.15) is 5.10 Å². The molecule has 0 fully saturated rings. The van der Waals surface area contributed by atoms with Gasteiger partial charge in [0.2, 0.25) is 5.91 Å². The molecule has 0 saturated heterocycles. The number of nitrogens with zero attached hydrogens (tertiary/aromatic N) is 1. The number of ether oxygens (including phenoxy) is 1. The number of para-hydroxylation sites is 1. The van der Waals surface area contributed by atoms with E-state index in [0.29, 0.717) is 22.4 Å². The second-order valence-electron chi connectivity index (χ2n) is 6.05. The first-order valence-corrected chi connectivity index (χ1v) is 9.38. The fourth-order valence-corrected chi connectivity index (χ4v) is 2.71. The molecule has 1 amide bonds. The minimum Gasteiger partial charge on any atom is -0.488 e. The van der Waals surface area contributed by atoms with E-state index in [9.17, 15) is 4.79 Å². The minimum atomic E-state index is -0.210. The van der Waals surface area contributed by atoms with Gasteiger partial charge in [-0.05, 0) is 47.5 Å². The number of carbonyl (C=O) groups excluding carboxylic acids is 1. The van der Waals surface area contributed by atoms with E-state index < -0.39 is 0 Å². The average Bonchev–Trinajstić information content (AvgIpc) is 2.70. The Morgan fingerprint density at radius 2 is 1.50 bits per heavy atom. The number of nitrogens with one attached hydrogen (secondary N) is 1. The highest BCUT2D eigenvalue weighted by Crippen LogP contribution is 2.18. The van der Waals surface area contributed by atoms with E-state index >= 15 is 0 Å². The highest BCUT2D eigenvalue weighted by atomic mass is 35.5. The van der Waals surface area contributed by atoms with E-state index in [0.717, 1.165) is 16.7 Å². The SMILES string of the molecule is O=C(Cc1ccc(Cl)cc1)N/N=C/c1ccccc1OCc1ccc(Cl)cc1. The predicted molar refractivity (Wildman–Crippen MR) is 113 cm³/mol. The normalized spacial score (nSPS) is 10.8. The Bertz CT molecular complexity index is 955. The molecule has 0 aromatic heterocycles. The molecule has 0 atom stereocenters. The zero-order valence-electron chi connectivity index (χ0n) is 14.9. The van der Waals surface area contributed by atoms with Gasteiger partial charge in [0.15, 0.2) is 0 Å². The van der Waals surface area contributed by atoms with Gasteiger partial charge in [0, 0.05) is 15.6 Å². The van der Waals surface area contributed by atoms with Crippen LogP contribution in [0.15, 0.2) is 77.9 Å². The van der Waals surface area contributed by atoms with Crippen LogP contribution in [0.25, 0.3) is 0 Å². The third-order valence-electron chi connectivity index (χ3n) is 3.90. The Morgan fingerprint density at radius 1 is 0.893 bits per heavy atom. The van der Waals surface area contributed by atoms with Crippen molar-refractivity contribution in [3.63, 3.8) is 0 Å². The maximum atomic E-state index is 12.0. The third kappa shape index (κ3) is 6.12. The van der Waals surface area contributed by atoms with Gasteiger partial charge in [-0.25, -0.2) is 5.43 Å². The van der Waals surface area contributed by atoms with E-state index in [1.165, 1.54) is 0 Å². The molecule has 0 heterocycles. The molecule has 0 spiro atoms. The maximum absolute atomic E-state index is 12.0. The van der Waals surface area contributed by atoms with Gasteiger partial charge < -0.3 is 4.74 Å². The van der Waals surface area contributed by atoms with Crippen LogP contribution in [0.1, 0.15) is 16.7 Å². The maximum Gasteiger partial charge on any atom is 0.244 e. The second kappa shape index (κ2) is 9.93. The third-order valence-corrected chi connectivity index (χ3v) is 4.40. The molecule has 0 aliphatic rings. The van der Waals surface area contributed by atoms with Crippen molar-refractivity contribution >= 4 is 35.3 Å². The predicted octanol–water partition coefficient (Wildman–Crippen LogP) is 5.27. The lowest BCUT2D eigenvalue weighted by Gasteiger charge is -2.09. The highest BCUT2D eigenvalue weighted by Gasteiger charge is 2.04. The number of halogens is 2. The largest absolute Gasteiger partial charge is 0.488 e. The number of benzene rings is 3. The molecule has 0 unspecified atom stereocenters. The summed E-state index contributed by atoms with van der Waals surface area (Å²) in [5.74, 6) is 0.464. The minimum absolute atomic E-state index is 0.210. The van der Waals surface area contributed by atoms with Crippen molar-refractivity contribution in [3.05, 3.63) is 99.5 Å². The number of rotatable bonds is 7. The monoisotopic (exact) mass is 412 g/mol. The Hall–Kier alpha value is -2.82. The van der Waals surface area contributed by atoms with E-state index in [2.05, 4.69) is 10.5 Å². The summed E-state index contributed by atoms with van der Waals surface area (Å²) in [5, 5.41) is 5.36. The Kier molecular flexibility index (Phi) is 7.06. The van der Waals surface area contributed by atoms with Gasteiger partial charge in [0.1, 0.15) is 12.4 Å². The number of amides is 1. The number of hydrogen-bond acceptors (Lipinski definition) is 3. The summed E-state index contributed by atoms with van der Waals surface area (Å²) in [6, 6.07) is 22.1. The van der Waals surface area contributed by atoms with Crippen molar-refractivity contribution in [2.24, 2.45) is 5.10 Å². The number of hydrazone groups is 1. The summed E-state index contributed by atoms with van der Waals surface area (Å²) in [7, 11) is 0. The summed E-state index contributed by atoms with van der Waals surface area (Å²) in [6.07, 6.45) is 1.79. The van der Waals surface area contributed by atoms with Gasteiger partial charge in [-0.1, -0.05) is 59.6 Å². The van der Waals surface area contributed by atoms with E-state index in [-0.39, 0.29) is 12.3 Å². The standard InChI is InChI=1S/C22H18Cl2N2O2/c23-19-9-5-16(6-10-19)13-22(27)26-25-14-18-3-1-2-4-21(18)28-15-17-7-11-20(24)12-8-17/h1-12,14H,13,15H2,(H,26,27)/b25-14+. The molecule has 3 rings (SSSR count). The topological polar surface area (TPSA) is 50.7 Å². The molecule has 4 nitrogen and oxygen atoms in total. The highest BCUT2D eigenvalue weighted by molar-refractivity contribution is 6.30. The van der Waals surface area contributed by atoms with Crippen LogP contribution in [0.5, 0.6) is 5.75 Å². The van der Waals surface area contributed by atoms with Crippen molar-refractivity contribution in [1.82, 2.24) is 5.43 Å². The van der Waals surface area contributed by atoms with E-state index in [1.807, 2.05) is 60.7 Å². The molecule has 6 heteroatoms. The van der Waals surface area contributed by atoms with Crippen LogP contribution >= 0.6 is 23.2 Å². The van der Waals surface area contributed by atoms with E-state index in [1.54, 1.807) is 18.3 Å². The molecule has 1 N–H and O–H groups in total. The first-order chi connectivity index (χ1) is 13.6. The summed E-state index contributed by atoms with van der Waals surface area (Å²) < 4.78 is 5.87. The van der Waals surface area contributed by atoms with Crippen molar-refractivity contribution in [2.75, 3.05) is 0 Å². The van der Waals surface area contributed by atoms with Crippen LogP contribution in [-0.2, 0) is 17.8 Å².